The molecule has 1 aromatic carbocycles. The van der Waals surface area contributed by atoms with E-state index in [9.17, 15) is 0 Å². The Balaban J connectivity index is 2.05. The molecule has 2 nitrogen and oxygen atoms in total. The van der Waals surface area contributed by atoms with Gasteiger partial charge < -0.3 is 10.5 Å². The van der Waals surface area contributed by atoms with Gasteiger partial charge in [0, 0.05) is 11.4 Å². The number of aryl methyl sites for hydroxylation is 1. The maximum atomic E-state index is 5.96. The normalized spacial score (nSPS) is 12.4. The van der Waals surface area contributed by atoms with E-state index in [1.807, 2.05) is 18.2 Å². The summed E-state index contributed by atoms with van der Waals surface area (Å²) >= 11 is 5.13. The summed E-state index contributed by atoms with van der Waals surface area (Å²) in [5, 5.41) is 0. The van der Waals surface area contributed by atoms with Gasteiger partial charge in [-0.15, -0.1) is 11.3 Å². The predicted molar refractivity (Wildman–Crippen MR) is 84.9 cm³/mol. The molecule has 1 atom stereocenters. The third kappa shape index (κ3) is 4.06. The fraction of sp³-hybridized carbons (Fsp3) is 0.333. The largest absolute Gasteiger partial charge is 0.484 e. The quantitative estimate of drug-likeness (QED) is 0.838. The molecule has 0 saturated carbocycles. The van der Waals surface area contributed by atoms with Gasteiger partial charge in [-0.3, -0.25) is 0 Å². The van der Waals surface area contributed by atoms with Gasteiger partial charge in [-0.05, 0) is 52.2 Å². The Bertz CT molecular complexity index is 509. The highest BCUT2D eigenvalue weighted by atomic mass is 79.9. The Hall–Kier alpha value is -0.840. The van der Waals surface area contributed by atoms with E-state index in [0.29, 0.717) is 6.54 Å². The molecule has 1 aromatic heterocycles. The average Bonchev–Trinajstić information content (AvgIpc) is 2.85. The van der Waals surface area contributed by atoms with Crippen molar-refractivity contribution in [3.63, 3.8) is 0 Å². The fourth-order valence-corrected chi connectivity index (χ4v) is 3.38. The van der Waals surface area contributed by atoms with Gasteiger partial charge in [0.25, 0.3) is 0 Å². The van der Waals surface area contributed by atoms with Crippen LogP contribution in [0.1, 0.15) is 29.9 Å². The lowest BCUT2D eigenvalue weighted by Gasteiger charge is -2.16. The lowest BCUT2D eigenvalue weighted by atomic mass is 10.1. The Kier molecular flexibility index (Phi) is 5.43. The van der Waals surface area contributed by atoms with Crippen molar-refractivity contribution >= 4 is 27.3 Å². The monoisotopic (exact) mass is 339 g/mol. The number of halogens is 1. The van der Waals surface area contributed by atoms with Crippen molar-refractivity contribution in [3.8, 4) is 5.75 Å². The van der Waals surface area contributed by atoms with Crippen LogP contribution in [0.4, 0.5) is 0 Å². The number of nitrogens with two attached hydrogens (primary N) is 1. The van der Waals surface area contributed by atoms with Crippen molar-refractivity contribution in [1.29, 1.82) is 0 Å². The molecule has 102 valence electrons. The molecule has 0 aliphatic rings. The van der Waals surface area contributed by atoms with E-state index in [-0.39, 0.29) is 6.10 Å². The summed E-state index contributed by atoms with van der Waals surface area (Å²) in [6.07, 6.45) is 2.20. The van der Waals surface area contributed by atoms with Crippen molar-refractivity contribution in [3.05, 3.63) is 50.6 Å². The topological polar surface area (TPSA) is 35.2 Å². The molecule has 0 radical (unpaired) electrons. The number of thiophene rings is 1. The molecule has 0 fully saturated rings. The van der Waals surface area contributed by atoms with E-state index < -0.39 is 0 Å². The van der Waals surface area contributed by atoms with Gasteiger partial charge in [-0.25, -0.2) is 0 Å². The molecule has 0 aliphatic carbocycles. The van der Waals surface area contributed by atoms with Gasteiger partial charge >= 0.3 is 0 Å². The Morgan fingerprint density at radius 3 is 2.47 bits per heavy atom. The van der Waals surface area contributed by atoms with Crippen LogP contribution < -0.4 is 10.5 Å². The molecule has 2 N–H and O–H groups in total. The minimum absolute atomic E-state index is 0.0756. The molecule has 1 unspecified atom stereocenters. The number of hydrogen-bond acceptors (Lipinski definition) is 3. The second-order valence-electron chi connectivity index (χ2n) is 4.38. The molecule has 19 heavy (non-hydrogen) atoms. The van der Waals surface area contributed by atoms with Gasteiger partial charge in [0.1, 0.15) is 11.9 Å². The van der Waals surface area contributed by atoms with Crippen LogP contribution in [0.5, 0.6) is 5.75 Å². The summed E-state index contributed by atoms with van der Waals surface area (Å²) in [6.45, 7) is 2.66. The van der Waals surface area contributed by atoms with Gasteiger partial charge in [-0.1, -0.05) is 25.5 Å². The van der Waals surface area contributed by atoms with E-state index >= 15 is 0 Å². The highest BCUT2D eigenvalue weighted by molar-refractivity contribution is 9.11. The number of rotatable bonds is 6. The van der Waals surface area contributed by atoms with Crippen molar-refractivity contribution in [2.45, 2.75) is 25.9 Å². The van der Waals surface area contributed by atoms with Crippen molar-refractivity contribution in [2.24, 2.45) is 5.73 Å². The standard InChI is InChI=1S/C15H18BrNOS/c1-2-3-11-4-6-12(7-5-11)18-13(10-17)14-8-9-15(16)19-14/h4-9,13H,2-3,10,17H2,1H3. The Morgan fingerprint density at radius 1 is 1.21 bits per heavy atom. The highest BCUT2D eigenvalue weighted by Crippen LogP contribution is 2.30. The van der Waals surface area contributed by atoms with Crippen molar-refractivity contribution < 1.29 is 4.74 Å². The minimum atomic E-state index is -0.0756. The van der Waals surface area contributed by atoms with Gasteiger partial charge in [0.2, 0.25) is 0 Å². The van der Waals surface area contributed by atoms with Crippen LogP contribution in [-0.2, 0) is 6.42 Å². The number of hydrogen-bond donors (Lipinski definition) is 1. The summed E-state index contributed by atoms with van der Waals surface area (Å²) in [5.74, 6) is 0.875. The highest BCUT2D eigenvalue weighted by Gasteiger charge is 2.13. The van der Waals surface area contributed by atoms with Crippen molar-refractivity contribution in [1.82, 2.24) is 0 Å². The third-order valence-corrected chi connectivity index (χ3v) is 4.58. The third-order valence-electron chi connectivity index (χ3n) is 2.87. The maximum absolute atomic E-state index is 5.96. The summed E-state index contributed by atoms with van der Waals surface area (Å²) in [5.41, 5.74) is 7.15. The molecule has 0 saturated heterocycles. The fourth-order valence-electron chi connectivity index (χ4n) is 1.91. The van der Waals surface area contributed by atoms with Crippen LogP contribution in [0.2, 0.25) is 0 Å². The predicted octanol–water partition coefficient (Wildman–Crippen LogP) is 4.54. The zero-order chi connectivity index (χ0) is 13.7. The van der Waals surface area contributed by atoms with Crippen LogP contribution in [0.25, 0.3) is 0 Å². The zero-order valence-corrected chi connectivity index (χ0v) is 13.3. The van der Waals surface area contributed by atoms with E-state index in [4.69, 9.17) is 10.5 Å². The van der Waals surface area contributed by atoms with Crippen LogP contribution in [0, 0.1) is 0 Å². The molecule has 4 heteroatoms. The molecule has 1 heterocycles. The first-order chi connectivity index (χ1) is 9.22. The number of benzene rings is 1. The Morgan fingerprint density at radius 2 is 1.95 bits per heavy atom. The molecule has 0 spiro atoms. The molecular formula is C15H18BrNOS. The molecule has 0 bridgehead atoms. The van der Waals surface area contributed by atoms with Gasteiger partial charge in [0.05, 0.1) is 3.79 Å². The van der Waals surface area contributed by atoms with Crippen LogP contribution in [-0.4, -0.2) is 6.54 Å². The summed E-state index contributed by atoms with van der Waals surface area (Å²) in [7, 11) is 0. The second-order valence-corrected chi connectivity index (χ2v) is 6.87. The van der Waals surface area contributed by atoms with Crippen molar-refractivity contribution in [2.75, 3.05) is 6.54 Å². The zero-order valence-electron chi connectivity index (χ0n) is 10.9. The van der Waals surface area contributed by atoms with E-state index in [0.717, 1.165) is 27.3 Å². The first-order valence-electron chi connectivity index (χ1n) is 6.43. The van der Waals surface area contributed by atoms with Crippen LogP contribution >= 0.6 is 27.3 Å². The van der Waals surface area contributed by atoms with Gasteiger partial charge in [-0.2, -0.15) is 0 Å². The summed E-state index contributed by atoms with van der Waals surface area (Å²) < 4.78 is 7.06. The molecule has 2 rings (SSSR count). The first kappa shape index (κ1) is 14.6. The Labute approximate surface area is 126 Å². The molecular weight excluding hydrogens is 322 g/mol. The van der Waals surface area contributed by atoms with E-state index in [2.05, 4.69) is 41.1 Å². The lowest BCUT2D eigenvalue weighted by molar-refractivity contribution is 0.218. The molecule has 2 aromatic rings. The second kappa shape index (κ2) is 7.08. The summed E-state index contributed by atoms with van der Waals surface area (Å²) in [6, 6.07) is 12.4. The maximum Gasteiger partial charge on any atom is 0.145 e. The first-order valence-corrected chi connectivity index (χ1v) is 8.04. The van der Waals surface area contributed by atoms with Gasteiger partial charge in [0.15, 0.2) is 0 Å². The van der Waals surface area contributed by atoms with Crippen LogP contribution in [0.3, 0.4) is 0 Å². The van der Waals surface area contributed by atoms with E-state index in [1.165, 1.54) is 5.56 Å². The summed E-state index contributed by atoms with van der Waals surface area (Å²) in [4.78, 5) is 1.15. The lowest BCUT2D eigenvalue weighted by Crippen LogP contribution is -2.17. The minimum Gasteiger partial charge on any atom is -0.484 e. The average molecular weight is 340 g/mol. The van der Waals surface area contributed by atoms with Crippen LogP contribution in [0.15, 0.2) is 40.2 Å². The molecule has 0 amide bonds. The molecule has 0 aliphatic heterocycles. The number of ether oxygens (including phenoxy) is 1. The smallest absolute Gasteiger partial charge is 0.145 e. The SMILES string of the molecule is CCCc1ccc(OC(CN)c2ccc(Br)s2)cc1. The van der Waals surface area contributed by atoms with E-state index in [1.54, 1.807) is 11.3 Å².